The van der Waals surface area contributed by atoms with Crippen molar-refractivity contribution in [3.8, 4) is 22.7 Å². The van der Waals surface area contributed by atoms with Gasteiger partial charge in [-0.25, -0.2) is 4.39 Å². The molecule has 0 amide bonds. The van der Waals surface area contributed by atoms with Gasteiger partial charge in [-0.1, -0.05) is 17.3 Å². The molecule has 1 N–H and O–H groups in total. The molecule has 1 aliphatic heterocycles. The first-order valence-corrected chi connectivity index (χ1v) is 8.50. The molecule has 0 atom stereocenters. The number of nitrogens with zero attached hydrogens (tertiary/aromatic N) is 4. The van der Waals surface area contributed by atoms with Gasteiger partial charge in [-0.15, -0.1) is 0 Å². The average molecular weight is 341 g/mol. The van der Waals surface area contributed by atoms with Crippen molar-refractivity contribution in [1.29, 1.82) is 0 Å². The average Bonchev–Trinajstić information content (AvgIpc) is 3.26. The highest BCUT2D eigenvalue weighted by Gasteiger charge is 2.21. The molecule has 0 saturated carbocycles. The Morgan fingerprint density at radius 3 is 2.96 bits per heavy atom. The van der Waals surface area contributed by atoms with E-state index in [0.717, 1.165) is 38.2 Å². The largest absolute Gasteiger partial charge is 0.334 e. The molecule has 4 rings (SSSR count). The van der Waals surface area contributed by atoms with Crippen molar-refractivity contribution in [1.82, 2.24) is 25.2 Å². The van der Waals surface area contributed by atoms with Crippen molar-refractivity contribution < 1.29 is 8.91 Å². The highest BCUT2D eigenvalue weighted by atomic mass is 19.1. The van der Waals surface area contributed by atoms with Gasteiger partial charge >= 0.3 is 0 Å². The lowest BCUT2D eigenvalue weighted by atomic mass is 9.94. The minimum absolute atomic E-state index is 0.300. The van der Waals surface area contributed by atoms with Crippen molar-refractivity contribution in [2.24, 2.45) is 5.92 Å². The minimum atomic E-state index is -0.300. The van der Waals surface area contributed by atoms with E-state index in [9.17, 15) is 4.39 Å². The number of halogens is 1. The third kappa shape index (κ3) is 3.46. The number of aromatic amines is 1. The summed E-state index contributed by atoms with van der Waals surface area (Å²) in [4.78, 5) is 6.87. The first-order valence-electron chi connectivity index (χ1n) is 8.50. The molecule has 130 valence electrons. The van der Waals surface area contributed by atoms with Gasteiger partial charge in [0.25, 0.3) is 5.89 Å². The third-order valence-corrected chi connectivity index (χ3v) is 4.76. The molecule has 6 nitrogen and oxygen atoms in total. The number of rotatable bonds is 4. The van der Waals surface area contributed by atoms with E-state index in [1.54, 1.807) is 12.3 Å². The van der Waals surface area contributed by atoms with Crippen LogP contribution in [-0.2, 0) is 6.42 Å². The SMILES string of the molecule is CN1CCC(Cc2noc(-c3cn[nH]c3-c3cccc(F)c3)n2)CC1. The molecular weight excluding hydrogens is 321 g/mol. The monoisotopic (exact) mass is 341 g/mol. The molecule has 3 heterocycles. The zero-order chi connectivity index (χ0) is 17.2. The van der Waals surface area contributed by atoms with Crippen LogP contribution in [0.3, 0.4) is 0 Å². The highest BCUT2D eigenvalue weighted by molar-refractivity contribution is 5.76. The van der Waals surface area contributed by atoms with E-state index in [-0.39, 0.29) is 5.82 Å². The van der Waals surface area contributed by atoms with Gasteiger partial charge in [0.2, 0.25) is 0 Å². The fourth-order valence-electron chi connectivity index (χ4n) is 3.28. The molecule has 3 aromatic rings. The third-order valence-electron chi connectivity index (χ3n) is 4.76. The van der Waals surface area contributed by atoms with Crippen LogP contribution in [0.1, 0.15) is 18.7 Å². The van der Waals surface area contributed by atoms with Gasteiger partial charge in [0.05, 0.1) is 17.5 Å². The molecule has 1 fully saturated rings. The van der Waals surface area contributed by atoms with E-state index in [4.69, 9.17) is 4.52 Å². The van der Waals surface area contributed by atoms with Gasteiger partial charge in [-0.05, 0) is 51.0 Å². The van der Waals surface area contributed by atoms with Crippen LogP contribution >= 0.6 is 0 Å². The second kappa shape index (κ2) is 6.76. The Labute approximate surface area is 145 Å². The Balaban J connectivity index is 1.54. The first kappa shape index (κ1) is 16.0. The molecule has 2 aromatic heterocycles. The summed E-state index contributed by atoms with van der Waals surface area (Å²) < 4.78 is 18.9. The summed E-state index contributed by atoms with van der Waals surface area (Å²) in [6.45, 7) is 2.22. The molecule has 0 spiro atoms. The predicted octanol–water partition coefficient (Wildman–Crippen LogP) is 3.15. The zero-order valence-electron chi connectivity index (χ0n) is 14.1. The quantitative estimate of drug-likeness (QED) is 0.789. The second-order valence-electron chi connectivity index (χ2n) is 6.64. The van der Waals surface area contributed by atoms with Crippen LogP contribution in [0.25, 0.3) is 22.7 Å². The molecule has 0 unspecified atom stereocenters. The Morgan fingerprint density at radius 2 is 2.16 bits per heavy atom. The van der Waals surface area contributed by atoms with Gasteiger partial charge in [0, 0.05) is 12.0 Å². The molecular formula is C18H20FN5O. The lowest BCUT2D eigenvalue weighted by molar-refractivity contribution is 0.216. The van der Waals surface area contributed by atoms with E-state index >= 15 is 0 Å². The van der Waals surface area contributed by atoms with Crippen molar-refractivity contribution >= 4 is 0 Å². The van der Waals surface area contributed by atoms with E-state index in [1.165, 1.54) is 12.1 Å². The number of benzene rings is 1. The number of H-pyrrole nitrogens is 1. The van der Waals surface area contributed by atoms with Crippen LogP contribution in [0.15, 0.2) is 35.0 Å². The number of hydrogen-bond donors (Lipinski definition) is 1. The van der Waals surface area contributed by atoms with E-state index in [1.807, 2.05) is 6.07 Å². The zero-order valence-corrected chi connectivity index (χ0v) is 14.1. The standard InChI is InChI=1S/C18H20FN5O/c1-24-7-5-12(6-8-24)9-16-21-18(25-23-16)15-11-20-22-17(15)13-3-2-4-14(19)10-13/h2-4,10-12H,5-9H2,1H3,(H,20,22). The van der Waals surface area contributed by atoms with Crippen LogP contribution in [0.4, 0.5) is 4.39 Å². The van der Waals surface area contributed by atoms with Crippen LogP contribution in [0.5, 0.6) is 0 Å². The smallest absolute Gasteiger partial charge is 0.261 e. The van der Waals surface area contributed by atoms with Crippen molar-refractivity contribution in [3.63, 3.8) is 0 Å². The number of aromatic nitrogens is 4. The fourth-order valence-corrected chi connectivity index (χ4v) is 3.28. The predicted molar refractivity (Wildman–Crippen MR) is 91.2 cm³/mol. The lowest BCUT2D eigenvalue weighted by Crippen LogP contribution is -2.31. The Hall–Kier alpha value is -2.54. The van der Waals surface area contributed by atoms with Crippen LogP contribution < -0.4 is 0 Å². The normalized spacial score (nSPS) is 16.4. The van der Waals surface area contributed by atoms with E-state index in [2.05, 4.69) is 32.3 Å². The molecule has 1 saturated heterocycles. The maximum atomic E-state index is 13.5. The molecule has 1 aromatic carbocycles. The minimum Gasteiger partial charge on any atom is -0.334 e. The number of piperidine rings is 1. The molecule has 25 heavy (non-hydrogen) atoms. The molecule has 7 heteroatoms. The summed E-state index contributed by atoms with van der Waals surface area (Å²) in [6.07, 6.45) is 4.76. The van der Waals surface area contributed by atoms with Crippen LogP contribution in [0, 0.1) is 11.7 Å². The van der Waals surface area contributed by atoms with Gasteiger partial charge in [-0.2, -0.15) is 10.1 Å². The topological polar surface area (TPSA) is 70.8 Å². The number of likely N-dealkylation sites (tertiary alicyclic amines) is 1. The Morgan fingerprint density at radius 1 is 1.32 bits per heavy atom. The fraction of sp³-hybridized carbons (Fsp3) is 0.389. The summed E-state index contributed by atoms with van der Waals surface area (Å²) in [6, 6.07) is 6.34. The van der Waals surface area contributed by atoms with Gasteiger partial charge in [0.15, 0.2) is 5.82 Å². The van der Waals surface area contributed by atoms with E-state index in [0.29, 0.717) is 28.6 Å². The Bertz CT molecular complexity index is 851. The summed E-state index contributed by atoms with van der Waals surface area (Å²) in [5.41, 5.74) is 2.06. The number of hydrogen-bond acceptors (Lipinski definition) is 5. The molecule has 0 radical (unpaired) electrons. The van der Waals surface area contributed by atoms with Gasteiger partial charge in [-0.3, -0.25) is 5.10 Å². The maximum absolute atomic E-state index is 13.5. The number of nitrogens with one attached hydrogen (secondary N) is 1. The maximum Gasteiger partial charge on any atom is 0.261 e. The molecule has 0 aliphatic carbocycles. The summed E-state index contributed by atoms with van der Waals surface area (Å²) in [5.74, 6) is 1.42. The highest BCUT2D eigenvalue weighted by Crippen LogP contribution is 2.30. The molecule has 1 aliphatic rings. The van der Waals surface area contributed by atoms with Gasteiger partial charge in [0.1, 0.15) is 5.82 Å². The lowest BCUT2D eigenvalue weighted by Gasteiger charge is -2.27. The van der Waals surface area contributed by atoms with Gasteiger partial charge < -0.3 is 9.42 Å². The molecule has 0 bridgehead atoms. The van der Waals surface area contributed by atoms with Crippen LogP contribution in [-0.4, -0.2) is 45.4 Å². The summed E-state index contributed by atoms with van der Waals surface area (Å²) >= 11 is 0. The second-order valence-corrected chi connectivity index (χ2v) is 6.64. The van der Waals surface area contributed by atoms with E-state index < -0.39 is 0 Å². The van der Waals surface area contributed by atoms with Crippen molar-refractivity contribution in [2.45, 2.75) is 19.3 Å². The summed E-state index contributed by atoms with van der Waals surface area (Å²) in [7, 11) is 2.15. The first-order chi connectivity index (χ1) is 12.2. The Kier molecular flexibility index (Phi) is 4.31. The van der Waals surface area contributed by atoms with Crippen molar-refractivity contribution in [2.75, 3.05) is 20.1 Å². The van der Waals surface area contributed by atoms with Crippen molar-refractivity contribution in [3.05, 3.63) is 42.1 Å². The summed E-state index contributed by atoms with van der Waals surface area (Å²) in [5, 5.41) is 11.1. The van der Waals surface area contributed by atoms with Crippen LogP contribution in [0.2, 0.25) is 0 Å².